The fourth-order valence-electron chi connectivity index (χ4n) is 2.26. The smallest absolute Gasteiger partial charge is 0.138 e. The Morgan fingerprint density at radius 3 is 2.94 bits per heavy atom. The molecule has 1 atom stereocenters. The quantitative estimate of drug-likeness (QED) is 0.877. The summed E-state index contributed by atoms with van der Waals surface area (Å²) in [5, 5.41) is 9.90. The van der Waals surface area contributed by atoms with E-state index in [2.05, 4.69) is 25.5 Å². The van der Waals surface area contributed by atoms with E-state index in [9.17, 15) is 5.11 Å². The zero-order valence-electron chi connectivity index (χ0n) is 9.31. The molecule has 1 aliphatic heterocycles. The van der Waals surface area contributed by atoms with E-state index in [1.807, 2.05) is 30.5 Å². The lowest BCUT2D eigenvalue weighted by Crippen LogP contribution is -2.14. The number of imidazole rings is 1. The van der Waals surface area contributed by atoms with Gasteiger partial charge in [0.15, 0.2) is 0 Å². The van der Waals surface area contributed by atoms with Crippen molar-refractivity contribution in [3.63, 3.8) is 0 Å². The van der Waals surface area contributed by atoms with Crippen LogP contribution in [0.5, 0.6) is 0 Å². The number of aliphatic hydroxyl groups excluding tert-OH is 1. The summed E-state index contributed by atoms with van der Waals surface area (Å²) in [5.74, 6) is 0.794. The molecule has 1 aliphatic rings. The zero-order chi connectivity index (χ0) is 11.8. The summed E-state index contributed by atoms with van der Waals surface area (Å²) in [7, 11) is 0. The van der Waals surface area contributed by atoms with Gasteiger partial charge in [-0.1, -0.05) is 34.1 Å². The van der Waals surface area contributed by atoms with E-state index in [-0.39, 0.29) is 0 Å². The second kappa shape index (κ2) is 4.27. The third-order valence-corrected chi connectivity index (χ3v) is 3.82. The van der Waals surface area contributed by atoms with Crippen LogP contribution in [0.2, 0.25) is 0 Å². The molecule has 2 aromatic rings. The van der Waals surface area contributed by atoms with E-state index in [0.29, 0.717) is 0 Å². The lowest BCUT2D eigenvalue weighted by molar-refractivity contribution is 0.134. The monoisotopic (exact) mass is 292 g/mol. The molecule has 1 aromatic carbocycles. The minimum absolute atomic E-state index is 0.417. The molecule has 1 aromatic heterocycles. The van der Waals surface area contributed by atoms with Crippen LogP contribution in [0.15, 0.2) is 34.9 Å². The van der Waals surface area contributed by atoms with Gasteiger partial charge in [-0.2, -0.15) is 0 Å². The lowest BCUT2D eigenvalue weighted by atomic mass is 10.1. The third kappa shape index (κ3) is 1.91. The lowest BCUT2D eigenvalue weighted by Gasteiger charge is -2.18. The highest BCUT2D eigenvalue weighted by molar-refractivity contribution is 9.10. The van der Waals surface area contributed by atoms with Crippen molar-refractivity contribution in [3.05, 3.63) is 40.8 Å². The van der Waals surface area contributed by atoms with Gasteiger partial charge in [-0.05, 0) is 18.9 Å². The average Bonchev–Trinajstić information content (AvgIpc) is 2.75. The summed E-state index contributed by atoms with van der Waals surface area (Å²) in [5.41, 5.74) is 2.00. The van der Waals surface area contributed by atoms with Gasteiger partial charge in [0, 0.05) is 22.8 Å². The number of fused-ring (bicyclic) bond motifs is 1. The third-order valence-electron chi connectivity index (χ3n) is 3.13. The summed E-state index contributed by atoms with van der Waals surface area (Å²) >= 11 is 3.53. The van der Waals surface area contributed by atoms with Gasteiger partial charge in [0.1, 0.15) is 11.9 Å². The minimum Gasteiger partial charge on any atom is -0.385 e. The van der Waals surface area contributed by atoms with E-state index in [4.69, 9.17) is 0 Å². The van der Waals surface area contributed by atoms with Crippen molar-refractivity contribution in [3.8, 4) is 11.3 Å². The van der Waals surface area contributed by atoms with Crippen LogP contribution < -0.4 is 0 Å². The number of hydrogen-bond acceptors (Lipinski definition) is 2. The second-order valence-electron chi connectivity index (χ2n) is 4.32. The molecule has 0 amide bonds. The van der Waals surface area contributed by atoms with Crippen LogP contribution in [-0.2, 0) is 6.54 Å². The maximum Gasteiger partial charge on any atom is 0.138 e. The number of rotatable bonds is 1. The van der Waals surface area contributed by atoms with Gasteiger partial charge in [0.05, 0.1) is 5.69 Å². The fraction of sp³-hybridized carbons (Fsp3) is 0.308. The maximum absolute atomic E-state index is 9.90. The van der Waals surface area contributed by atoms with Crippen LogP contribution in [0.4, 0.5) is 0 Å². The molecule has 0 bridgehead atoms. The van der Waals surface area contributed by atoms with Gasteiger partial charge in [0.2, 0.25) is 0 Å². The Bertz CT molecular complexity index is 550. The Labute approximate surface area is 108 Å². The highest BCUT2D eigenvalue weighted by atomic mass is 79.9. The molecule has 2 heterocycles. The first kappa shape index (κ1) is 11.0. The molecule has 4 heteroatoms. The molecule has 0 saturated heterocycles. The number of nitrogens with zero attached hydrogens (tertiary/aromatic N) is 2. The molecule has 0 spiro atoms. The van der Waals surface area contributed by atoms with Crippen LogP contribution in [0, 0.1) is 0 Å². The molecule has 1 unspecified atom stereocenters. The van der Waals surface area contributed by atoms with Crippen molar-refractivity contribution in [1.82, 2.24) is 9.55 Å². The summed E-state index contributed by atoms with van der Waals surface area (Å²) in [6.07, 6.45) is 3.43. The first-order chi connectivity index (χ1) is 8.25. The summed E-state index contributed by atoms with van der Waals surface area (Å²) < 4.78 is 3.09. The van der Waals surface area contributed by atoms with E-state index < -0.39 is 6.10 Å². The number of aromatic nitrogens is 2. The van der Waals surface area contributed by atoms with E-state index >= 15 is 0 Å². The molecule has 0 aliphatic carbocycles. The number of aliphatic hydroxyl groups is 1. The Kier molecular flexibility index (Phi) is 2.76. The Hall–Kier alpha value is -1.13. The molecular weight excluding hydrogens is 280 g/mol. The molecule has 0 radical (unpaired) electrons. The van der Waals surface area contributed by atoms with Gasteiger partial charge < -0.3 is 9.67 Å². The molecular formula is C13H13BrN2O. The number of hydrogen-bond donors (Lipinski definition) is 1. The van der Waals surface area contributed by atoms with E-state index in [1.165, 1.54) is 0 Å². The van der Waals surface area contributed by atoms with Crippen LogP contribution in [0.3, 0.4) is 0 Å². The Balaban J connectivity index is 2.08. The molecule has 3 rings (SSSR count). The van der Waals surface area contributed by atoms with Crippen molar-refractivity contribution in [1.29, 1.82) is 0 Å². The Morgan fingerprint density at radius 2 is 2.18 bits per heavy atom. The predicted molar refractivity (Wildman–Crippen MR) is 69.6 cm³/mol. The standard InChI is InChI=1S/C13H13BrN2O/c14-10-5-2-1-4-9(10)11-8-16-7-3-6-12(17)13(16)15-11/h1-2,4-5,8,12,17H,3,6-7H2. The summed E-state index contributed by atoms with van der Waals surface area (Å²) in [6.45, 7) is 0.948. The van der Waals surface area contributed by atoms with Gasteiger partial charge in [-0.15, -0.1) is 0 Å². The number of benzene rings is 1. The van der Waals surface area contributed by atoms with Gasteiger partial charge >= 0.3 is 0 Å². The molecule has 3 nitrogen and oxygen atoms in total. The predicted octanol–water partition coefficient (Wildman–Crippen LogP) is 3.14. The maximum atomic E-state index is 9.90. The highest BCUT2D eigenvalue weighted by Gasteiger charge is 2.21. The largest absolute Gasteiger partial charge is 0.385 e. The van der Waals surface area contributed by atoms with E-state index in [1.54, 1.807) is 0 Å². The molecule has 1 N–H and O–H groups in total. The van der Waals surface area contributed by atoms with Crippen molar-refractivity contribution >= 4 is 15.9 Å². The van der Waals surface area contributed by atoms with E-state index in [0.717, 1.165) is 40.9 Å². The van der Waals surface area contributed by atoms with Crippen LogP contribution in [-0.4, -0.2) is 14.7 Å². The Morgan fingerprint density at radius 1 is 1.35 bits per heavy atom. The van der Waals surface area contributed by atoms with Crippen LogP contribution >= 0.6 is 15.9 Å². The van der Waals surface area contributed by atoms with Gasteiger partial charge in [0.25, 0.3) is 0 Å². The first-order valence-electron chi connectivity index (χ1n) is 5.76. The van der Waals surface area contributed by atoms with Crippen molar-refractivity contribution < 1.29 is 5.11 Å². The molecule has 88 valence electrons. The van der Waals surface area contributed by atoms with Crippen molar-refractivity contribution in [2.24, 2.45) is 0 Å². The second-order valence-corrected chi connectivity index (χ2v) is 5.17. The molecule has 0 saturated carbocycles. The number of aryl methyl sites for hydroxylation is 1. The first-order valence-corrected chi connectivity index (χ1v) is 6.55. The van der Waals surface area contributed by atoms with Gasteiger partial charge in [-0.3, -0.25) is 0 Å². The number of halogens is 1. The normalized spacial score (nSPS) is 19.1. The fourth-order valence-corrected chi connectivity index (χ4v) is 2.75. The summed E-state index contributed by atoms with van der Waals surface area (Å²) in [4.78, 5) is 4.55. The highest BCUT2D eigenvalue weighted by Crippen LogP contribution is 2.31. The van der Waals surface area contributed by atoms with Crippen molar-refractivity contribution in [2.45, 2.75) is 25.5 Å². The SMILES string of the molecule is OC1CCCn2cc(-c3ccccc3Br)nc21. The molecule has 0 fully saturated rings. The zero-order valence-corrected chi connectivity index (χ0v) is 10.9. The summed E-state index contributed by atoms with van der Waals surface area (Å²) in [6, 6.07) is 8.02. The van der Waals surface area contributed by atoms with Crippen LogP contribution in [0.25, 0.3) is 11.3 Å². The van der Waals surface area contributed by atoms with Gasteiger partial charge in [-0.25, -0.2) is 4.98 Å². The van der Waals surface area contributed by atoms with Crippen molar-refractivity contribution in [2.75, 3.05) is 0 Å². The molecule has 17 heavy (non-hydrogen) atoms. The average molecular weight is 293 g/mol. The topological polar surface area (TPSA) is 38.0 Å². The minimum atomic E-state index is -0.417. The van der Waals surface area contributed by atoms with Crippen LogP contribution in [0.1, 0.15) is 24.8 Å².